The van der Waals surface area contributed by atoms with Gasteiger partial charge in [-0.1, -0.05) is 41.6 Å². The third-order valence-corrected chi connectivity index (χ3v) is 5.05. The van der Waals surface area contributed by atoms with Crippen molar-refractivity contribution in [3.05, 3.63) is 99.7 Å². The largest absolute Gasteiger partial charge is 0.494 e. The van der Waals surface area contributed by atoms with Crippen LogP contribution in [0.4, 0.5) is 0 Å². The number of hydrogen-bond acceptors (Lipinski definition) is 4. The van der Waals surface area contributed by atoms with Crippen LogP contribution in [-0.2, 0) is 0 Å². The first kappa shape index (κ1) is 19.7. The zero-order valence-electron chi connectivity index (χ0n) is 16.6. The first-order valence-electron chi connectivity index (χ1n) is 9.65. The van der Waals surface area contributed by atoms with E-state index in [4.69, 9.17) is 4.74 Å². The molecule has 0 aliphatic heterocycles. The molecule has 4 heteroatoms. The van der Waals surface area contributed by atoms with E-state index in [2.05, 4.69) is 41.4 Å². The summed E-state index contributed by atoms with van der Waals surface area (Å²) >= 11 is 0. The van der Waals surface area contributed by atoms with Gasteiger partial charge in [0.25, 0.3) is 0 Å². The van der Waals surface area contributed by atoms with Gasteiger partial charge in [0.2, 0.25) is 0 Å². The lowest BCUT2D eigenvalue weighted by Gasteiger charge is -2.23. The fraction of sp³-hybridized carbons (Fsp3) is 0.292. The molecule has 0 aliphatic carbocycles. The Kier molecular flexibility index (Phi) is 6.53. The lowest BCUT2D eigenvalue weighted by atomic mass is 9.82. The second-order valence-corrected chi connectivity index (χ2v) is 7.00. The van der Waals surface area contributed by atoms with Crippen LogP contribution in [0.25, 0.3) is 0 Å². The zero-order chi connectivity index (χ0) is 19.9. The van der Waals surface area contributed by atoms with E-state index in [1.54, 1.807) is 6.20 Å². The summed E-state index contributed by atoms with van der Waals surface area (Å²) in [6.45, 7) is 6.65. The predicted octanol–water partition coefficient (Wildman–Crippen LogP) is 6.13. The Bertz CT molecular complexity index is 922. The van der Waals surface area contributed by atoms with E-state index < -0.39 is 6.04 Å². The fourth-order valence-electron chi connectivity index (χ4n) is 3.62. The van der Waals surface area contributed by atoms with Gasteiger partial charge < -0.3 is 4.74 Å². The normalized spacial score (nSPS) is 13.0. The topological polar surface area (TPSA) is 51.5 Å². The van der Waals surface area contributed by atoms with Crippen LogP contribution >= 0.6 is 0 Å². The second-order valence-electron chi connectivity index (χ2n) is 7.00. The first-order chi connectivity index (χ1) is 13.6. The number of benzene rings is 2. The minimum absolute atomic E-state index is 0.0630. The Labute approximate surface area is 166 Å². The molecule has 2 aromatic carbocycles. The number of rotatable bonds is 8. The van der Waals surface area contributed by atoms with Crippen LogP contribution < -0.4 is 4.74 Å². The summed E-state index contributed by atoms with van der Waals surface area (Å²) in [5.41, 5.74) is 5.37. The minimum atomic E-state index is -0.433. The number of pyridine rings is 1. The van der Waals surface area contributed by atoms with Gasteiger partial charge in [-0.05, 0) is 73.7 Å². The standard InChI is InChI=1S/C24H26N2O2/c1-4-28-21-11-9-19(10-12-21)23(22-8-6-5-7-17(22)2)16-24(26-27)20-13-14-25-18(3)15-20/h5-15,23-24H,4,16H2,1-3H3/t23-,24?/m1/s1. The molecule has 0 radical (unpaired) electrons. The molecule has 0 fully saturated rings. The number of nitroso groups, excluding NO2 is 1. The molecule has 0 spiro atoms. The highest BCUT2D eigenvalue weighted by Gasteiger charge is 2.23. The maximum Gasteiger partial charge on any atom is 0.119 e. The maximum atomic E-state index is 11.7. The average Bonchev–Trinajstić information content (AvgIpc) is 2.71. The van der Waals surface area contributed by atoms with Gasteiger partial charge in [0, 0.05) is 17.8 Å². The van der Waals surface area contributed by atoms with Crippen LogP contribution in [0.5, 0.6) is 5.75 Å². The summed E-state index contributed by atoms with van der Waals surface area (Å²) in [7, 11) is 0. The molecule has 3 rings (SSSR count). The fourth-order valence-corrected chi connectivity index (χ4v) is 3.62. The van der Waals surface area contributed by atoms with E-state index in [1.807, 2.05) is 50.2 Å². The molecule has 1 unspecified atom stereocenters. The smallest absolute Gasteiger partial charge is 0.119 e. The van der Waals surface area contributed by atoms with Gasteiger partial charge in [0.05, 0.1) is 6.61 Å². The molecule has 144 valence electrons. The van der Waals surface area contributed by atoms with Gasteiger partial charge in [-0.15, -0.1) is 0 Å². The number of hydrogen-bond donors (Lipinski definition) is 0. The minimum Gasteiger partial charge on any atom is -0.494 e. The molecule has 0 N–H and O–H groups in total. The van der Waals surface area contributed by atoms with Crippen molar-refractivity contribution in [3.63, 3.8) is 0 Å². The van der Waals surface area contributed by atoms with Crippen molar-refractivity contribution in [2.24, 2.45) is 5.18 Å². The Morgan fingerprint density at radius 1 is 1.00 bits per heavy atom. The second kappa shape index (κ2) is 9.27. The van der Waals surface area contributed by atoms with Crippen LogP contribution in [0.3, 0.4) is 0 Å². The zero-order valence-corrected chi connectivity index (χ0v) is 16.6. The van der Waals surface area contributed by atoms with E-state index in [-0.39, 0.29) is 5.92 Å². The van der Waals surface area contributed by atoms with Crippen molar-refractivity contribution in [2.75, 3.05) is 6.61 Å². The summed E-state index contributed by atoms with van der Waals surface area (Å²) in [6, 6.07) is 19.9. The van der Waals surface area contributed by atoms with Crippen LogP contribution in [0.15, 0.2) is 72.0 Å². The Morgan fingerprint density at radius 2 is 1.75 bits per heavy atom. The number of aryl methyl sites for hydroxylation is 2. The third-order valence-electron chi connectivity index (χ3n) is 5.05. The van der Waals surface area contributed by atoms with Gasteiger partial charge in [0.15, 0.2) is 0 Å². The van der Waals surface area contributed by atoms with Crippen molar-refractivity contribution in [3.8, 4) is 5.75 Å². The highest BCUT2D eigenvalue weighted by molar-refractivity contribution is 5.40. The van der Waals surface area contributed by atoms with Crippen molar-refractivity contribution >= 4 is 0 Å². The van der Waals surface area contributed by atoms with Gasteiger partial charge in [0.1, 0.15) is 11.8 Å². The van der Waals surface area contributed by atoms with Gasteiger partial charge in [-0.25, -0.2) is 0 Å². The van der Waals surface area contributed by atoms with Gasteiger partial charge >= 0.3 is 0 Å². The van der Waals surface area contributed by atoms with E-state index in [0.29, 0.717) is 13.0 Å². The quantitative estimate of drug-likeness (QED) is 0.446. The third kappa shape index (κ3) is 4.63. The van der Waals surface area contributed by atoms with E-state index in [0.717, 1.165) is 22.6 Å². The van der Waals surface area contributed by atoms with Crippen LogP contribution in [0.1, 0.15) is 53.3 Å². The first-order valence-corrected chi connectivity index (χ1v) is 9.65. The molecule has 4 nitrogen and oxygen atoms in total. The Hall–Kier alpha value is -3.01. The monoisotopic (exact) mass is 374 g/mol. The van der Waals surface area contributed by atoms with E-state index >= 15 is 0 Å². The Morgan fingerprint density at radius 3 is 2.39 bits per heavy atom. The number of ether oxygens (including phenoxy) is 1. The molecule has 0 saturated heterocycles. The van der Waals surface area contributed by atoms with Crippen LogP contribution in [-0.4, -0.2) is 11.6 Å². The van der Waals surface area contributed by atoms with Crippen molar-refractivity contribution in [2.45, 2.75) is 39.2 Å². The SMILES string of the molecule is CCOc1ccc([C@@H](CC(N=O)c2ccnc(C)c2)c2ccccc2C)cc1. The van der Waals surface area contributed by atoms with Crippen molar-refractivity contribution in [1.82, 2.24) is 4.98 Å². The summed E-state index contributed by atoms with van der Waals surface area (Å²) < 4.78 is 5.58. The molecule has 0 aliphatic rings. The van der Waals surface area contributed by atoms with Crippen LogP contribution in [0.2, 0.25) is 0 Å². The summed E-state index contributed by atoms with van der Waals surface area (Å²) in [5, 5.41) is 3.46. The molecular weight excluding hydrogens is 348 g/mol. The summed E-state index contributed by atoms with van der Waals surface area (Å²) in [4.78, 5) is 16.0. The Balaban J connectivity index is 1.98. The van der Waals surface area contributed by atoms with Gasteiger partial charge in [-0.2, -0.15) is 4.91 Å². The molecule has 3 aromatic rings. The molecule has 2 atom stereocenters. The molecule has 0 saturated carbocycles. The lowest BCUT2D eigenvalue weighted by Crippen LogP contribution is -2.09. The van der Waals surface area contributed by atoms with E-state index in [1.165, 1.54) is 11.1 Å². The highest BCUT2D eigenvalue weighted by Crippen LogP contribution is 2.37. The summed E-state index contributed by atoms with van der Waals surface area (Å²) in [5.74, 6) is 0.914. The van der Waals surface area contributed by atoms with Gasteiger partial charge in [-0.3, -0.25) is 4.98 Å². The van der Waals surface area contributed by atoms with Crippen molar-refractivity contribution in [1.29, 1.82) is 0 Å². The van der Waals surface area contributed by atoms with Crippen LogP contribution in [0, 0.1) is 18.8 Å². The number of aromatic nitrogens is 1. The summed E-state index contributed by atoms with van der Waals surface area (Å²) in [6.07, 6.45) is 2.34. The number of nitrogens with zero attached hydrogens (tertiary/aromatic N) is 2. The highest BCUT2D eigenvalue weighted by atomic mass is 16.5. The van der Waals surface area contributed by atoms with Crippen molar-refractivity contribution < 1.29 is 4.74 Å². The molecule has 28 heavy (non-hydrogen) atoms. The predicted molar refractivity (Wildman–Crippen MR) is 113 cm³/mol. The maximum absolute atomic E-state index is 11.7. The molecule has 1 heterocycles. The lowest BCUT2D eigenvalue weighted by molar-refractivity contribution is 0.340. The molecule has 0 amide bonds. The molecule has 0 bridgehead atoms. The molecular formula is C24H26N2O2. The average molecular weight is 374 g/mol. The van der Waals surface area contributed by atoms with E-state index in [9.17, 15) is 4.91 Å². The molecule has 1 aromatic heterocycles.